The van der Waals surface area contributed by atoms with Crippen molar-refractivity contribution in [3.8, 4) is 17.0 Å². The van der Waals surface area contributed by atoms with Crippen LogP contribution in [-0.2, 0) is 0 Å². The number of hydrogen-bond acceptors (Lipinski definition) is 4. The maximum absolute atomic E-state index is 5.63. The fraction of sp³-hybridized carbons (Fsp3) is 0.167. The van der Waals surface area contributed by atoms with Gasteiger partial charge in [0.2, 0.25) is 0 Å². The molecule has 0 aliphatic rings. The SMILES string of the molecule is CC(C)Oc1ccc(Sc2nc(-c3ccccc3)co2)cc1. The summed E-state index contributed by atoms with van der Waals surface area (Å²) in [5.41, 5.74) is 1.90. The lowest BCUT2D eigenvalue weighted by atomic mass is 10.2. The Hall–Kier alpha value is -2.20. The summed E-state index contributed by atoms with van der Waals surface area (Å²) in [6.45, 7) is 4.03. The van der Waals surface area contributed by atoms with Gasteiger partial charge in [-0.25, -0.2) is 4.98 Å². The van der Waals surface area contributed by atoms with Crippen LogP contribution in [0, 0.1) is 0 Å². The van der Waals surface area contributed by atoms with Gasteiger partial charge in [0, 0.05) is 10.5 Å². The van der Waals surface area contributed by atoms with E-state index in [9.17, 15) is 0 Å². The first kappa shape index (κ1) is 14.7. The molecule has 4 heteroatoms. The van der Waals surface area contributed by atoms with Crippen LogP contribution in [0.15, 0.2) is 75.4 Å². The third-order valence-electron chi connectivity index (χ3n) is 2.95. The van der Waals surface area contributed by atoms with Crippen molar-refractivity contribution < 1.29 is 9.15 Å². The summed E-state index contributed by atoms with van der Waals surface area (Å²) in [6, 6.07) is 17.9. The van der Waals surface area contributed by atoms with E-state index in [4.69, 9.17) is 9.15 Å². The van der Waals surface area contributed by atoms with Gasteiger partial charge in [0.15, 0.2) is 0 Å². The first-order valence-electron chi connectivity index (χ1n) is 7.16. The maximum Gasteiger partial charge on any atom is 0.261 e. The summed E-state index contributed by atoms with van der Waals surface area (Å²) in [4.78, 5) is 5.58. The van der Waals surface area contributed by atoms with Crippen LogP contribution in [-0.4, -0.2) is 11.1 Å². The Morgan fingerprint density at radius 2 is 1.73 bits per heavy atom. The standard InChI is InChI=1S/C18H17NO2S/c1-13(2)21-15-8-10-16(11-9-15)22-18-19-17(12-20-18)14-6-4-3-5-7-14/h3-13H,1-2H3. The van der Waals surface area contributed by atoms with E-state index in [1.807, 2.05) is 68.4 Å². The van der Waals surface area contributed by atoms with Crippen molar-refractivity contribution >= 4 is 11.8 Å². The molecule has 3 nitrogen and oxygen atoms in total. The Morgan fingerprint density at radius 3 is 2.41 bits per heavy atom. The molecule has 3 aromatic rings. The van der Waals surface area contributed by atoms with Crippen molar-refractivity contribution in [1.82, 2.24) is 4.98 Å². The van der Waals surface area contributed by atoms with Crippen LogP contribution in [0.25, 0.3) is 11.3 Å². The van der Waals surface area contributed by atoms with E-state index in [1.165, 1.54) is 11.8 Å². The molecule has 0 spiro atoms. The predicted octanol–water partition coefficient (Wildman–Crippen LogP) is 5.28. The van der Waals surface area contributed by atoms with Gasteiger partial charge in [0.25, 0.3) is 5.22 Å². The number of ether oxygens (including phenoxy) is 1. The van der Waals surface area contributed by atoms with E-state index < -0.39 is 0 Å². The fourth-order valence-corrected chi connectivity index (χ4v) is 2.72. The lowest BCUT2D eigenvalue weighted by molar-refractivity contribution is 0.242. The van der Waals surface area contributed by atoms with Crippen LogP contribution in [0.3, 0.4) is 0 Å². The molecule has 0 fully saturated rings. The first-order valence-corrected chi connectivity index (χ1v) is 7.98. The van der Waals surface area contributed by atoms with Gasteiger partial charge in [0.05, 0.1) is 6.10 Å². The molecule has 0 atom stereocenters. The zero-order chi connectivity index (χ0) is 15.4. The highest BCUT2D eigenvalue weighted by molar-refractivity contribution is 7.99. The highest BCUT2D eigenvalue weighted by atomic mass is 32.2. The van der Waals surface area contributed by atoms with Gasteiger partial charge in [-0.15, -0.1) is 0 Å². The second-order valence-corrected chi connectivity index (χ2v) is 6.13. The summed E-state index contributed by atoms with van der Waals surface area (Å²) in [5, 5.41) is 0.636. The van der Waals surface area contributed by atoms with Crippen LogP contribution < -0.4 is 4.74 Å². The predicted molar refractivity (Wildman–Crippen MR) is 88.3 cm³/mol. The molecular weight excluding hydrogens is 294 g/mol. The average molecular weight is 311 g/mol. The zero-order valence-electron chi connectivity index (χ0n) is 12.5. The minimum absolute atomic E-state index is 0.179. The molecule has 1 heterocycles. The lowest BCUT2D eigenvalue weighted by Crippen LogP contribution is -2.04. The maximum atomic E-state index is 5.63. The van der Waals surface area contributed by atoms with Crippen molar-refractivity contribution in [3.05, 3.63) is 60.9 Å². The Morgan fingerprint density at radius 1 is 1.00 bits per heavy atom. The largest absolute Gasteiger partial charge is 0.491 e. The molecular formula is C18H17NO2S. The van der Waals surface area contributed by atoms with Gasteiger partial charge in [0.1, 0.15) is 17.7 Å². The van der Waals surface area contributed by atoms with E-state index in [0.29, 0.717) is 5.22 Å². The fourth-order valence-electron chi connectivity index (χ4n) is 2.00. The molecule has 2 aromatic carbocycles. The van der Waals surface area contributed by atoms with Gasteiger partial charge in [-0.3, -0.25) is 0 Å². The second kappa shape index (κ2) is 6.71. The average Bonchev–Trinajstić information content (AvgIpc) is 2.98. The summed E-state index contributed by atoms with van der Waals surface area (Å²) >= 11 is 1.50. The van der Waals surface area contributed by atoms with E-state index in [1.54, 1.807) is 6.26 Å². The summed E-state index contributed by atoms with van der Waals surface area (Å²) in [6.07, 6.45) is 1.87. The van der Waals surface area contributed by atoms with Gasteiger partial charge in [-0.05, 0) is 49.9 Å². The van der Waals surface area contributed by atoms with E-state index in [2.05, 4.69) is 4.98 Å². The number of rotatable bonds is 5. The third-order valence-corrected chi connectivity index (χ3v) is 3.82. The number of hydrogen-bond donors (Lipinski definition) is 0. The number of aromatic nitrogens is 1. The Labute approximate surface area is 134 Å². The molecule has 0 saturated heterocycles. The highest BCUT2D eigenvalue weighted by Gasteiger charge is 2.08. The van der Waals surface area contributed by atoms with Crippen LogP contribution in [0.2, 0.25) is 0 Å². The van der Waals surface area contributed by atoms with E-state index in [-0.39, 0.29) is 6.10 Å². The summed E-state index contributed by atoms with van der Waals surface area (Å²) in [7, 11) is 0. The first-order chi connectivity index (χ1) is 10.7. The van der Waals surface area contributed by atoms with E-state index >= 15 is 0 Å². The smallest absolute Gasteiger partial charge is 0.261 e. The van der Waals surface area contributed by atoms with Crippen molar-refractivity contribution in [2.75, 3.05) is 0 Å². The lowest BCUT2D eigenvalue weighted by Gasteiger charge is -2.09. The minimum Gasteiger partial charge on any atom is -0.491 e. The molecule has 1 aromatic heterocycles. The minimum atomic E-state index is 0.179. The monoisotopic (exact) mass is 311 g/mol. The quantitative estimate of drug-likeness (QED) is 0.642. The van der Waals surface area contributed by atoms with Crippen molar-refractivity contribution in [3.63, 3.8) is 0 Å². The molecule has 0 N–H and O–H groups in total. The van der Waals surface area contributed by atoms with Crippen molar-refractivity contribution in [2.45, 2.75) is 30.1 Å². The Balaban J connectivity index is 1.70. The molecule has 3 rings (SSSR count). The number of benzene rings is 2. The molecule has 0 bridgehead atoms. The van der Waals surface area contributed by atoms with Crippen LogP contribution in [0.5, 0.6) is 5.75 Å². The van der Waals surface area contributed by atoms with Crippen molar-refractivity contribution in [1.29, 1.82) is 0 Å². The highest BCUT2D eigenvalue weighted by Crippen LogP contribution is 2.30. The number of oxazole rings is 1. The van der Waals surface area contributed by atoms with Gasteiger partial charge in [-0.2, -0.15) is 0 Å². The Bertz CT molecular complexity index is 720. The third kappa shape index (κ3) is 3.71. The molecule has 0 aliphatic carbocycles. The van der Waals surface area contributed by atoms with Gasteiger partial charge in [-0.1, -0.05) is 30.3 Å². The topological polar surface area (TPSA) is 35.3 Å². The Kier molecular flexibility index (Phi) is 4.49. The normalized spacial score (nSPS) is 10.9. The summed E-state index contributed by atoms with van der Waals surface area (Å²) in [5.74, 6) is 0.872. The van der Waals surface area contributed by atoms with Gasteiger partial charge >= 0.3 is 0 Å². The molecule has 0 radical (unpaired) electrons. The summed E-state index contributed by atoms with van der Waals surface area (Å²) < 4.78 is 11.2. The molecule has 0 amide bonds. The molecule has 0 unspecified atom stereocenters. The van der Waals surface area contributed by atoms with Gasteiger partial charge < -0.3 is 9.15 Å². The molecule has 0 saturated carbocycles. The van der Waals surface area contributed by atoms with E-state index in [0.717, 1.165) is 21.9 Å². The number of nitrogens with zero attached hydrogens (tertiary/aromatic N) is 1. The van der Waals surface area contributed by atoms with Crippen molar-refractivity contribution in [2.24, 2.45) is 0 Å². The molecule has 22 heavy (non-hydrogen) atoms. The zero-order valence-corrected chi connectivity index (χ0v) is 13.3. The van der Waals surface area contributed by atoms with Crippen LogP contribution in [0.4, 0.5) is 0 Å². The van der Waals surface area contributed by atoms with Crippen LogP contribution in [0.1, 0.15) is 13.8 Å². The molecule has 0 aliphatic heterocycles. The second-order valence-electron chi connectivity index (χ2n) is 5.10. The molecule has 112 valence electrons. The van der Waals surface area contributed by atoms with Crippen LogP contribution >= 0.6 is 11.8 Å².